The molecule has 9 nitrogen and oxygen atoms in total. The lowest BCUT2D eigenvalue weighted by Gasteiger charge is -2.27. The van der Waals surface area contributed by atoms with E-state index in [0.29, 0.717) is 34.9 Å². The molecule has 0 saturated heterocycles. The van der Waals surface area contributed by atoms with Gasteiger partial charge in [-0.2, -0.15) is 8.42 Å². The minimum absolute atomic E-state index is 0.0255. The first kappa shape index (κ1) is 23.1. The molecule has 0 fully saturated rings. The van der Waals surface area contributed by atoms with Crippen molar-refractivity contribution in [2.75, 3.05) is 33.2 Å². The van der Waals surface area contributed by atoms with Crippen LogP contribution in [-0.4, -0.2) is 52.2 Å². The number of rotatable bonds is 8. The van der Waals surface area contributed by atoms with Gasteiger partial charge in [0.15, 0.2) is 11.5 Å². The van der Waals surface area contributed by atoms with Crippen molar-refractivity contribution >= 4 is 27.5 Å². The number of hydrogen-bond donors (Lipinski definition) is 1. The minimum Gasteiger partial charge on any atom is -0.497 e. The van der Waals surface area contributed by atoms with Crippen molar-refractivity contribution in [3.63, 3.8) is 0 Å². The van der Waals surface area contributed by atoms with E-state index >= 15 is 0 Å². The molecule has 0 aromatic heterocycles. The van der Waals surface area contributed by atoms with Crippen LogP contribution in [0.1, 0.15) is 18.9 Å². The zero-order valence-electron chi connectivity index (χ0n) is 18.3. The van der Waals surface area contributed by atoms with E-state index in [0.717, 1.165) is 4.31 Å². The van der Waals surface area contributed by atoms with Crippen LogP contribution in [0.5, 0.6) is 17.2 Å². The van der Waals surface area contributed by atoms with Crippen LogP contribution in [0.15, 0.2) is 58.6 Å². The van der Waals surface area contributed by atoms with Crippen molar-refractivity contribution in [1.82, 2.24) is 4.31 Å². The van der Waals surface area contributed by atoms with Crippen molar-refractivity contribution in [2.24, 2.45) is 4.40 Å². The number of benzene rings is 2. The summed E-state index contributed by atoms with van der Waals surface area (Å²) in [4.78, 5) is 13.1. The van der Waals surface area contributed by atoms with Crippen LogP contribution in [0.3, 0.4) is 0 Å². The summed E-state index contributed by atoms with van der Waals surface area (Å²) in [5.41, 5.74) is 1.07. The van der Waals surface area contributed by atoms with Crippen LogP contribution < -0.4 is 19.5 Å². The summed E-state index contributed by atoms with van der Waals surface area (Å²) < 4.78 is 46.4. The maximum absolute atomic E-state index is 13.1. The van der Waals surface area contributed by atoms with Gasteiger partial charge in [-0.3, -0.25) is 4.79 Å². The fourth-order valence-electron chi connectivity index (χ4n) is 3.14. The second-order valence-electron chi connectivity index (χ2n) is 6.81. The monoisotopic (exact) mass is 459 g/mol. The molecule has 32 heavy (non-hydrogen) atoms. The molecular formula is C22H25N3O6S. The maximum Gasteiger partial charge on any atom is 0.345 e. The summed E-state index contributed by atoms with van der Waals surface area (Å²) in [5.74, 6) is 0.973. The summed E-state index contributed by atoms with van der Waals surface area (Å²) in [6, 6.07) is 11.6. The van der Waals surface area contributed by atoms with E-state index in [1.54, 1.807) is 49.6 Å². The first-order valence-corrected chi connectivity index (χ1v) is 11.2. The Hall–Kier alpha value is -3.53. The molecule has 1 heterocycles. The van der Waals surface area contributed by atoms with E-state index in [4.69, 9.17) is 14.2 Å². The Morgan fingerprint density at radius 2 is 1.69 bits per heavy atom. The topological polar surface area (TPSA) is 107 Å². The quantitative estimate of drug-likeness (QED) is 0.650. The average molecular weight is 460 g/mol. The van der Waals surface area contributed by atoms with Gasteiger partial charge < -0.3 is 19.5 Å². The smallest absolute Gasteiger partial charge is 0.345 e. The lowest BCUT2D eigenvalue weighted by atomic mass is 10.1. The van der Waals surface area contributed by atoms with Crippen molar-refractivity contribution in [3.8, 4) is 17.2 Å². The van der Waals surface area contributed by atoms with Gasteiger partial charge in [-0.15, -0.1) is 4.40 Å². The Balaban J connectivity index is 2.01. The van der Waals surface area contributed by atoms with E-state index in [1.165, 1.54) is 20.3 Å². The molecule has 0 spiro atoms. The van der Waals surface area contributed by atoms with Crippen LogP contribution in [0, 0.1) is 0 Å². The highest BCUT2D eigenvalue weighted by atomic mass is 32.2. The summed E-state index contributed by atoms with van der Waals surface area (Å²) in [6.45, 7) is 1.94. The number of methoxy groups -OCH3 is 3. The predicted octanol–water partition coefficient (Wildman–Crippen LogP) is 2.99. The van der Waals surface area contributed by atoms with Crippen LogP contribution >= 0.6 is 0 Å². The molecule has 10 heteroatoms. The number of amides is 1. The number of ether oxygens (including phenoxy) is 3. The molecule has 2 aromatic carbocycles. The number of nitrogens with one attached hydrogen (secondary N) is 1. The molecule has 0 atom stereocenters. The van der Waals surface area contributed by atoms with Gasteiger partial charge in [0, 0.05) is 17.8 Å². The Labute approximate surface area is 187 Å². The summed E-state index contributed by atoms with van der Waals surface area (Å²) in [5, 5.41) is 2.73. The first-order chi connectivity index (χ1) is 15.3. The summed E-state index contributed by atoms with van der Waals surface area (Å²) >= 11 is 0. The van der Waals surface area contributed by atoms with E-state index in [2.05, 4.69) is 9.71 Å². The predicted molar refractivity (Wildman–Crippen MR) is 122 cm³/mol. The number of allylic oxidation sites excluding steroid dienone is 1. The van der Waals surface area contributed by atoms with Crippen LogP contribution in [0.4, 0.5) is 5.69 Å². The summed E-state index contributed by atoms with van der Waals surface area (Å²) in [6.07, 6.45) is 1.96. The molecule has 0 bridgehead atoms. The lowest BCUT2D eigenvalue weighted by molar-refractivity contribution is -0.113. The number of hydrogen-bond acceptors (Lipinski definition) is 6. The molecule has 0 unspecified atom stereocenters. The van der Waals surface area contributed by atoms with E-state index in [-0.39, 0.29) is 18.0 Å². The molecule has 1 aliphatic heterocycles. The normalized spacial score (nSPS) is 14.8. The fourth-order valence-corrected chi connectivity index (χ4v) is 4.45. The molecule has 1 N–H and O–H groups in total. The SMILES string of the molecule is CCCN1C(C(=O)Nc2ccc(OC)cc2)=CC(c2ccc(OC)c(OC)c2)=NS1(=O)=O. The highest BCUT2D eigenvalue weighted by Crippen LogP contribution is 2.30. The third-order valence-corrected chi connectivity index (χ3v) is 6.08. The number of carbonyl (C=O) groups excluding carboxylic acids is 1. The van der Waals surface area contributed by atoms with Crippen molar-refractivity contribution in [3.05, 3.63) is 59.8 Å². The van der Waals surface area contributed by atoms with Crippen LogP contribution in [-0.2, 0) is 15.0 Å². The van der Waals surface area contributed by atoms with Gasteiger partial charge in [-0.25, -0.2) is 4.31 Å². The average Bonchev–Trinajstić information content (AvgIpc) is 2.80. The molecule has 170 valence electrons. The molecule has 0 radical (unpaired) electrons. The fraction of sp³-hybridized carbons (Fsp3) is 0.273. The third kappa shape index (κ3) is 4.86. The third-order valence-electron chi connectivity index (χ3n) is 4.72. The number of carbonyl (C=O) groups is 1. The van der Waals surface area contributed by atoms with Gasteiger partial charge in [0.05, 0.1) is 27.0 Å². The maximum atomic E-state index is 13.1. The van der Waals surface area contributed by atoms with Crippen molar-refractivity contribution in [1.29, 1.82) is 0 Å². The molecule has 1 amide bonds. The van der Waals surface area contributed by atoms with Gasteiger partial charge in [0.25, 0.3) is 5.91 Å². The zero-order valence-corrected chi connectivity index (χ0v) is 19.1. The highest BCUT2D eigenvalue weighted by Gasteiger charge is 2.32. The largest absolute Gasteiger partial charge is 0.497 e. The van der Waals surface area contributed by atoms with Crippen molar-refractivity contribution < 1.29 is 27.4 Å². The standard InChI is InChI=1S/C22H25N3O6S/c1-5-12-25-19(22(26)23-16-7-9-17(29-2)10-8-16)14-18(24-32(25,27)28)15-6-11-20(30-3)21(13-15)31-4/h6-11,13-14H,5,12H2,1-4H3,(H,23,26). The van der Waals surface area contributed by atoms with Crippen LogP contribution in [0.2, 0.25) is 0 Å². The Kier molecular flexibility index (Phi) is 7.04. The Morgan fingerprint density at radius 3 is 2.28 bits per heavy atom. The van der Waals surface area contributed by atoms with Crippen molar-refractivity contribution in [2.45, 2.75) is 13.3 Å². The molecule has 2 aromatic rings. The van der Waals surface area contributed by atoms with Gasteiger partial charge in [0.2, 0.25) is 0 Å². The second kappa shape index (κ2) is 9.73. The van der Waals surface area contributed by atoms with Gasteiger partial charge in [-0.1, -0.05) is 6.92 Å². The molecule has 0 aliphatic carbocycles. The number of nitrogens with zero attached hydrogens (tertiary/aromatic N) is 2. The van der Waals surface area contributed by atoms with Crippen LogP contribution in [0.25, 0.3) is 0 Å². The van der Waals surface area contributed by atoms with E-state index in [1.807, 2.05) is 6.92 Å². The van der Waals surface area contributed by atoms with Gasteiger partial charge >= 0.3 is 10.2 Å². The van der Waals surface area contributed by atoms with Gasteiger partial charge in [-0.05, 0) is 55.0 Å². The Morgan fingerprint density at radius 1 is 1.00 bits per heavy atom. The molecule has 1 aliphatic rings. The van der Waals surface area contributed by atoms with E-state index in [9.17, 15) is 13.2 Å². The number of anilines is 1. The Bertz CT molecular complexity index is 1160. The lowest BCUT2D eigenvalue weighted by Crippen LogP contribution is -2.38. The van der Waals surface area contributed by atoms with Gasteiger partial charge in [0.1, 0.15) is 11.4 Å². The molecule has 3 rings (SSSR count). The summed E-state index contributed by atoms with van der Waals surface area (Å²) in [7, 11) is 0.413. The first-order valence-electron chi connectivity index (χ1n) is 9.85. The minimum atomic E-state index is -4.12. The zero-order chi connectivity index (χ0) is 23.3. The second-order valence-corrected chi connectivity index (χ2v) is 8.33. The van der Waals surface area contributed by atoms with E-state index < -0.39 is 16.1 Å². The molecular weight excluding hydrogens is 434 g/mol. The molecule has 0 saturated carbocycles. The highest BCUT2D eigenvalue weighted by molar-refractivity contribution is 7.88.